The molecule has 0 atom stereocenters. The van der Waals surface area contributed by atoms with Crippen molar-refractivity contribution in [3.8, 4) is 5.75 Å². The maximum atomic E-state index is 5.72. The number of nitrogens with one attached hydrogen (secondary N) is 1. The minimum Gasteiger partial charge on any atom is -0.489 e. The number of hydrogen-bond donors (Lipinski definition) is 1. The molecular formula is C14H12N2O. The van der Waals surface area contributed by atoms with Crippen LogP contribution >= 0.6 is 0 Å². The van der Waals surface area contributed by atoms with Crippen LogP contribution in [0.25, 0.3) is 10.9 Å². The fourth-order valence-corrected chi connectivity index (χ4v) is 1.75. The highest BCUT2D eigenvalue weighted by atomic mass is 16.5. The van der Waals surface area contributed by atoms with Gasteiger partial charge in [-0.2, -0.15) is 5.10 Å². The molecule has 0 aliphatic rings. The largest absolute Gasteiger partial charge is 0.489 e. The van der Waals surface area contributed by atoms with E-state index in [1.54, 1.807) is 6.20 Å². The molecule has 0 radical (unpaired) electrons. The molecule has 0 amide bonds. The van der Waals surface area contributed by atoms with E-state index in [2.05, 4.69) is 22.3 Å². The molecule has 0 aliphatic heterocycles. The van der Waals surface area contributed by atoms with E-state index in [0.29, 0.717) is 6.61 Å². The molecule has 17 heavy (non-hydrogen) atoms. The Morgan fingerprint density at radius 1 is 1.06 bits per heavy atom. The molecule has 2 aromatic carbocycles. The first-order chi connectivity index (χ1) is 8.42. The number of nitrogens with zero attached hydrogens (tertiary/aromatic N) is 1. The van der Waals surface area contributed by atoms with E-state index in [4.69, 9.17) is 4.74 Å². The Bertz CT molecular complexity index is 616. The van der Waals surface area contributed by atoms with Crippen molar-refractivity contribution in [3.63, 3.8) is 0 Å². The van der Waals surface area contributed by atoms with Gasteiger partial charge >= 0.3 is 0 Å². The summed E-state index contributed by atoms with van der Waals surface area (Å²) in [4.78, 5) is 0. The zero-order valence-electron chi connectivity index (χ0n) is 9.26. The summed E-state index contributed by atoms with van der Waals surface area (Å²) in [6, 6.07) is 16.0. The first kappa shape index (κ1) is 9.90. The second-order valence-corrected chi connectivity index (χ2v) is 3.89. The molecular weight excluding hydrogens is 212 g/mol. The number of fused-ring (bicyclic) bond motifs is 1. The summed E-state index contributed by atoms with van der Waals surface area (Å²) in [6.07, 6.45) is 1.80. The molecule has 1 N–H and O–H groups in total. The minimum absolute atomic E-state index is 0.584. The van der Waals surface area contributed by atoms with Crippen molar-refractivity contribution in [1.29, 1.82) is 0 Å². The Morgan fingerprint density at radius 2 is 1.94 bits per heavy atom. The fraction of sp³-hybridized carbons (Fsp3) is 0.0714. The molecule has 0 saturated heterocycles. The summed E-state index contributed by atoms with van der Waals surface area (Å²) in [7, 11) is 0. The molecule has 0 fully saturated rings. The number of ether oxygens (including phenoxy) is 1. The van der Waals surface area contributed by atoms with E-state index in [-0.39, 0.29) is 0 Å². The average molecular weight is 224 g/mol. The van der Waals surface area contributed by atoms with Gasteiger partial charge in [-0.3, -0.25) is 5.10 Å². The van der Waals surface area contributed by atoms with Crippen LogP contribution in [0, 0.1) is 0 Å². The monoisotopic (exact) mass is 224 g/mol. The number of H-pyrrole nitrogens is 1. The lowest BCUT2D eigenvalue weighted by Gasteiger charge is -2.05. The third-order valence-electron chi connectivity index (χ3n) is 2.66. The zero-order valence-corrected chi connectivity index (χ0v) is 9.26. The van der Waals surface area contributed by atoms with Gasteiger partial charge in [-0.1, -0.05) is 30.3 Å². The highest BCUT2D eigenvalue weighted by Crippen LogP contribution is 2.19. The molecule has 0 spiro atoms. The molecule has 1 aromatic heterocycles. The van der Waals surface area contributed by atoms with E-state index < -0.39 is 0 Å². The normalized spacial score (nSPS) is 10.6. The van der Waals surface area contributed by atoms with Crippen molar-refractivity contribution in [2.24, 2.45) is 0 Å². The van der Waals surface area contributed by atoms with Gasteiger partial charge in [0.2, 0.25) is 0 Å². The highest BCUT2D eigenvalue weighted by Gasteiger charge is 1.99. The Balaban J connectivity index is 1.76. The van der Waals surface area contributed by atoms with E-state index in [0.717, 1.165) is 22.2 Å². The summed E-state index contributed by atoms with van der Waals surface area (Å²) in [5.41, 5.74) is 2.16. The summed E-state index contributed by atoms with van der Waals surface area (Å²) in [5, 5.41) is 8.00. The van der Waals surface area contributed by atoms with Gasteiger partial charge < -0.3 is 4.74 Å². The van der Waals surface area contributed by atoms with Crippen LogP contribution in [0.3, 0.4) is 0 Å². The van der Waals surface area contributed by atoms with E-state index in [1.165, 1.54) is 0 Å². The predicted molar refractivity (Wildman–Crippen MR) is 66.9 cm³/mol. The SMILES string of the molecule is c1ccc(COc2ccc3cn[nH]c3c2)cc1. The van der Waals surface area contributed by atoms with Crippen LogP contribution in [-0.4, -0.2) is 10.2 Å². The van der Waals surface area contributed by atoms with Gasteiger partial charge in [0.25, 0.3) is 0 Å². The number of aromatic nitrogens is 2. The molecule has 3 heteroatoms. The summed E-state index contributed by atoms with van der Waals surface area (Å²) in [5.74, 6) is 0.852. The van der Waals surface area contributed by atoms with Gasteiger partial charge in [0.1, 0.15) is 12.4 Å². The third kappa shape index (κ3) is 2.13. The van der Waals surface area contributed by atoms with Crippen molar-refractivity contribution >= 4 is 10.9 Å². The quantitative estimate of drug-likeness (QED) is 0.742. The van der Waals surface area contributed by atoms with Gasteiger partial charge in [0, 0.05) is 11.5 Å². The predicted octanol–water partition coefficient (Wildman–Crippen LogP) is 3.14. The van der Waals surface area contributed by atoms with E-state index >= 15 is 0 Å². The van der Waals surface area contributed by atoms with Crippen LogP contribution in [0.5, 0.6) is 5.75 Å². The lowest BCUT2D eigenvalue weighted by molar-refractivity contribution is 0.306. The van der Waals surface area contributed by atoms with Crippen LogP contribution in [0.4, 0.5) is 0 Å². The molecule has 3 nitrogen and oxygen atoms in total. The fourth-order valence-electron chi connectivity index (χ4n) is 1.75. The van der Waals surface area contributed by atoms with Crippen molar-refractivity contribution in [2.45, 2.75) is 6.61 Å². The first-order valence-corrected chi connectivity index (χ1v) is 5.52. The van der Waals surface area contributed by atoms with E-state index in [1.807, 2.05) is 36.4 Å². The topological polar surface area (TPSA) is 37.9 Å². The maximum absolute atomic E-state index is 5.72. The number of benzene rings is 2. The molecule has 84 valence electrons. The van der Waals surface area contributed by atoms with Crippen molar-refractivity contribution in [3.05, 3.63) is 60.3 Å². The van der Waals surface area contributed by atoms with Crippen molar-refractivity contribution in [2.75, 3.05) is 0 Å². The standard InChI is InChI=1S/C14H12N2O/c1-2-4-11(5-3-1)10-17-13-7-6-12-9-15-16-14(12)8-13/h1-9H,10H2,(H,15,16). The minimum atomic E-state index is 0.584. The highest BCUT2D eigenvalue weighted by molar-refractivity contribution is 5.79. The van der Waals surface area contributed by atoms with Crippen LogP contribution in [0.1, 0.15) is 5.56 Å². The van der Waals surface area contributed by atoms with Crippen LogP contribution in [0.15, 0.2) is 54.7 Å². The molecule has 3 aromatic rings. The molecule has 3 rings (SSSR count). The molecule has 0 unspecified atom stereocenters. The van der Waals surface area contributed by atoms with Gasteiger partial charge in [-0.25, -0.2) is 0 Å². The summed E-state index contributed by atoms with van der Waals surface area (Å²) < 4.78 is 5.72. The lowest BCUT2D eigenvalue weighted by atomic mass is 10.2. The Kier molecular flexibility index (Phi) is 2.50. The van der Waals surface area contributed by atoms with Gasteiger partial charge in [-0.15, -0.1) is 0 Å². The average Bonchev–Trinajstić information content (AvgIpc) is 2.85. The van der Waals surface area contributed by atoms with E-state index in [9.17, 15) is 0 Å². The second-order valence-electron chi connectivity index (χ2n) is 3.89. The number of hydrogen-bond acceptors (Lipinski definition) is 2. The molecule has 0 aliphatic carbocycles. The Morgan fingerprint density at radius 3 is 2.82 bits per heavy atom. The number of rotatable bonds is 3. The first-order valence-electron chi connectivity index (χ1n) is 5.52. The summed E-state index contributed by atoms with van der Waals surface area (Å²) >= 11 is 0. The maximum Gasteiger partial charge on any atom is 0.121 e. The van der Waals surface area contributed by atoms with Crippen LogP contribution in [-0.2, 0) is 6.61 Å². The molecule has 0 saturated carbocycles. The van der Waals surface area contributed by atoms with Gasteiger partial charge in [-0.05, 0) is 17.7 Å². The van der Waals surface area contributed by atoms with Crippen LogP contribution < -0.4 is 4.74 Å². The summed E-state index contributed by atoms with van der Waals surface area (Å²) in [6.45, 7) is 0.584. The lowest BCUT2D eigenvalue weighted by Crippen LogP contribution is -1.94. The van der Waals surface area contributed by atoms with Gasteiger partial charge in [0.05, 0.1) is 11.7 Å². The smallest absolute Gasteiger partial charge is 0.121 e. The molecule has 0 bridgehead atoms. The Labute approximate surface area is 99.0 Å². The van der Waals surface area contributed by atoms with Crippen molar-refractivity contribution < 1.29 is 4.74 Å². The second kappa shape index (κ2) is 4.29. The Hall–Kier alpha value is -2.29. The zero-order chi connectivity index (χ0) is 11.5. The number of aromatic amines is 1. The molecule has 1 heterocycles. The third-order valence-corrected chi connectivity index (χ3v) is 2.66. The van der Waals surface area contributed by atoms with Gasteiger partial charge in [0.15, 0.2) is 0 Å². The van der Waals surface area contributed by atoms with Crippen molar-refractivity contribution in [1.82, 2.24) is 10.2 Å². The van der Waals surface area contributed by atoms with Crippen LogP contribution in [0.2, 0.25) is 0 Å².